The van der Waals surface area contributed by atoms with E-state index in [0.29, 0.717) is 6.42 Å². The molecular formula is C16H19NO2S2. The Hall–Kier alpha value is -1.07. The zero-order valence-corrected chi connectivity index (χ0v) is 13.9. The normalized spacial score (nSPS) is 17.8. The van der Waals surface area contributed by atoms with Crippen molar-refractivity contribution in [3.8, 4) is 0 Å². The average Bonchev–Trinajstić information content (AvgIpc) is 2.86. The largest absolute Gasteiger partial charge is 0.469 e. The number of thioether (sulfide) groups is 2. The third kappa shape index (κ3) is 2.69. The third-order valence-corrected chi connectivity index (χ3v) is 7.24. The van der Waals surface area contributed by atoms with Gasteiger partial charge in [0.2, 0.25) is 0 Å². The summed E-state index contributed by atoms with van der Waals surface area (Å²) in [5.41, 5.74) is 2.42. The van der Waals surface area contributed by atoms with Crippen LogP contribution in [0.5, 0.6) is 0 Å². The first-order valence-electron chi connectivity index (χ1n) is 7.06. The van der Waals surface area contributed by atoms with Gasteiger partial charge in [-0.2, -0.15) is 0 Å². The molecule has 1 fully saturated rings. The molecule has 0 atom stereocenters. The van der Waals surface area contributed by atoms with Gasteiger partial charge in [-0.05, 0) is 35.4 Å². The molecule has 2 aromatic rings. The smallest absolute Gasteiger partial charge is 0.308 e. The highest BCUT2D eigenvalue weighted by Gasteiger charge is 2.40. The number of hydrogen-bond donors (Lipinski definition) is 0. The van der Waals surface area contributed by atoms with Crippen LogP contribution in [-0.4, -0.2) is 29.2 Å². The third-order valence-electron chi connectivity index (χ3n) is 3.91. The molecule has 2 heterocycles. The number of rotatable bonds is 3. The van der Waals surface area contributed by atoms with Crippen LogP contribution in [0.1, 0.15) is 18.5 Å². The molecule has 1 saturated heterocycles. The lowest BCUT2D eigenvalue weighted by Crippen LogP contribution is -2.28. The maximum Gasteiger partial charge on any atom is 0.308 e. The van der Waals surface area contributed by atoms with E-state index < -0.39 is 0 Å². The van der Waals surface area contributed by atoms with Crippen LogP contribution in [0.3, 0.4) is 0 Å². The van der Waals surface area contributed by atoms with Crippen molar-refractivity contribution < 1.29 is 9.53 Å². The van der Waals surface area contributed by atoms with Crippen LogP contribution in [0, 0.1) is 0 Å². The van der Waals surface area contributed by atoms with Crippen molar-refractivity contribution in [2.45, 2.75) is 16.9 Å². The highest BCUT2D eigenvalue weighted by Crippen LogP contribution is 2.53. The number of methoxy groups -OCH3 is 1. The maximum absolute atomic E-state index is 11.9. The number of hydrogen-bond acceptors (Lipinski definition) is 4. The van der Waals surface area contributed by atoms with E-state index in [-0.39, 0.29) is 10.0 Å². The first-order chi connectivity index (χ1) is 10.2. The molecule has 0 amide bonds. The Bertz CT molecular complexity index is 659. The van der Waals surface area contributed by atoms with Gasteiger partial charge in [0, 0.05) is 18.3 Å². The molecule has 0 unspecified atom stereocenters. The number of ether oxygens (including phenoxy) is 1. The average molecular weight is 321 g/mol. The Morgan fingerprint density at radius 1 is 1.33 bits per heavy atom. The lowest BCUT2D eigenvalue weighted by atomic mass is 10.2. The second-order valence-electron chi connectivity index (χ2n) is 5.20. The minimum atomic E-state index is -0.223. The van der Waals surface area contributed by atoms with E-state index in [1.807, 2.05) is 23.5 Å². The first-order valence-corrected chi connectivity index (χ1v) is 9.03. The van der Waals surface area contributed by atoms with Crippen molar-refractivity contribution in [1.29, 1.82) is 0 Å². The summed E-state index contributed by atoms with van der Waals surface area (Å²) in [7, 11) is 3.56. The van der Waals surface area contributed by atoms with Crippen LogP contribution < -0.4 is 0 Å². The van der Waals surface area contributed by atoms with E-state index in [1.54, 1.807) is 0 Å². The van der Waals surface area contributed by atoms with Crippen molar-refractivity contribution >= 4 is 40.4 Å². The lowest BCUT2D eigenvalue weighted by Gasteiger charge is -2.35. The Kier molecular flexibility index (Phi) is 4.22. The molecule has 1 aromatic heterocycles. The summed E-state index contributed by atoms with van der Waals surface area (Å²) < 4.78 is 6.94. The zero-order valence-electron chi connectivity index (χ0n) is 12.3. The van der Waals surface area contributed by atoms with Crippen LogP contribution >= 0.6 is 23.5 Å². The summed E-state index contributed by atoms with van der Waals surface area (Å²) in [6, 6.07) is 10.6. The van der Waals surface area contributed by atoms with Gasteiger partial charge in [-0.25, -0.2) is 0 Å². The standard InChI is InChI=1S/C16H19NO2S2/c1-17-13-7-4-3-6-12(13)10-14(17)16(11-15(18)19-2)20-8-5-9-21-16/h3-4,6-7,10H,5,8-9,11H2,1-2H3. The van der Waals surface area contributed by atoms with Gasteiger partial charge in [0.1, 0.15) is 4.08 Å². The molecule has 3 rings (SSSR count). The van der Waals surface area contributed by atoms with Gasteiger partial charge in [0.25, 0.3) is 0 Å². The Labute approximate surface area is 133 Å². The fourth-order valence-electron chi connectivity index (χ4n) is 2.83. The number of carbonyl (C=O) groups is 1. The van der Waals surface area contributed by atoms with E-state index in [1.165, 1.54) is 30.1 Å². The number of nitrogens with zero attached hydrogens (tertiary/aromatic N) is 1. The first kappa shape index (κ1) is 14.9. The molecule has 112 valence electrons. The Balaban J connectivity index is 2.09. The number of benzene rings is 1. The second kappa shape index (κ2) is 5.97. The molecule has 0 aliphatic carbocycles. The number of aryl methyl sites for hydroxylation is 1. The summed E-state index contributed by atoms with van der Waals surface area (Å²) in [6.45, 7) is 0. The van der Waals surface area contributed by atoms with Gasteiger partial charge < -0.3 is 9.30 Å². The Morgan fingerprint density at radius 3 is 2.71 bits per heavy atom. The van der Waals surface area contributed by atoms with Gasteiger partial charge in [-0.1, -0.05) is 18.2 Å². The molecular weight excluding hydrogens is 302 g/mol. The molecule has 1 aliphatic heterocycles. The summed E-state index contributed by atoms with van der Waals surface area (Å²) >= 11 is 3.76. The van der Waals surface area contributed by atoms with E-state index in [2.05, 4.69) is 41.9 Å². The minimum absolute atomic E-state index is 0.137. The SMILES string of the molecule is COC(=O)CC1(c2cc3ccccc3n2C)SCCCS1. The quantitative estimate of drug-likeness (QED) is 0.806. The Morgan fingerprint density at radius 2 is 2.05 bits per heavy atom. The van der Waals surface area contributed by atoms with Gasteiger partial charge in [-0.15, -0.1) is 23.5 Å². The summed E-state index contributed by atoms with van der Waals surface area (Å²) in [4.78, 5) is 11.9. The molecule has 21 heavy (non-hydrogen) atoms. The summed E-state index contributed by atoms with van der Waals surface area (Å²) in [5, 5.41) is 1.23. The van der Waals surface area contributed by atoms with E-state index in [9.17, 15) is 4.79 Å². The zero-order chi connectivity index (χ0) is 14.9. The predicted octanol–water partition coefficient (Wildman–Crippen LogP) is 3.76. The molecule has 0 radical (unpaired) electrons. The predicted molar refractivity (Wildman–Crippen MR) is 90.8 cm³/mol. The number of carbonyl (C=O) groups excluding carboxylic acids is 1. The lowest BCUT2D eigenvalue weighted by molar-refractivity contribution is -0.140. The van der Waals surface area contributed by atoms with Crippen molar-refractivity contribution in [3.05, 3.63) is 36.0 Å². The monoisotopic (exact) mass is 321 g/mol. The van der Waals surface area contributed by atoms with Gasteiger partial charge in [0.15, 0.2) is 0 Å². The van der Waals surface area contributed by atoms with Crippen LogP contribution in [-0.2, 0) is 20.7 Å². The summed E-state index contributed by atoms with van der Waals surface area (Å²) in [6.07, 6.45) is 1.62. The molecule has 0 saturated carbocycles. The molecule has 5 heteroatoms. The molecule has 3 nitrogen and oxygen atoms in total. The van der Waals surface area contributed by atoms with Crippen LogP contribution in [0.15, 0.2) is 30.3 Å². The van der Waals surface area contributed by atoms with Gasteiger partial charge in [-0.3, -0.25) is 4.79 Å². The highest BCUT2D eigenvalue weighted by atomic mass is 32.2. The van der Waals surface area contributed by atoms with Crippen molar-refractivity contribution in [2.24, 2.45) is 7.05 Å². The van der Waals surface area contributed by atoms with Crippen molar-refractivity contribution in [3.63, 3.8) is 0 Å². The minimum Gasteiger partial charge on any atom is -0.469 e. The summed E-state index contributed by atoms with van der Waals surface area (Å²) in [5.74, 6) is 2.04. The fraction of sp³-hybridized carbons (Fsp3) is 0.438. The fourth-order valence-corrected chi connectivity index (χ4v) is 6.21. The highest BCUT2D eigenvalue weighted by molar-refractivity contribution is 8.18. The molecule has 0 spiro atoms. The number of para-hydroxylation sites is 1. The number of aromatic nitrogens is 1. The van der Waals surface area contributed by atoms with Crippen molar-refractivity contribution in [1.82, 2.24) is 4.57 Å². The van der Waals surface area contributed by atoms with Gasteiger partial charge >= 0.3 is 5.97 Å². The van der Waals surface area contributed by atoms with E-state index in [4.69, 9.17) is 4.74 Å². The molecule has 0 bridgehead atoms. The molecule has 1 aliphatic rings. The van der Waals surface area contributed by atoms with Crippen LogP contribution in [0.2, 0.25) is 0 Å². The number of esters is 1. The molecule has 0 N–H and O–H groups in total. The second-order valence-corrected chi connectivity index (χ2v) is 8.25. The van der Waals surface area contributed by atoms with Gasteiger partial charge in [0.05, 0.1) is 13.5 Å². The number of fused-ring (bicyclic) bond motifs is 1. The molecule has 1 aromatic carbocycles. The van der Waals surface area contributed by atoms with Crippen LogP contribution in [0.4, 0.5) is 0 Å². The van der Waals surface area contributed by atoms with E-state index >= 15 is 0 Å². The van der Waals surface area contributed by atoms with Crippen LogP contribution in [0.25, 0.3) is 10.9 Å². The van der Waals surface area contributed by atoms with E-state index in [0.717, 1.165) is 11.5 Å². The topological polar surface area (TPSA) is 31.2 Å². The maximum atomic E-state index is 11.9. The van der Waals surface area contributed by atoms with Crippen molar-refractivity contribution in [2.75, 3.05) is 18.6 Å².